The molecule has 0 radical (unpaired) electrons. The van der Waals surface area contributed by atoms with Crippen LogP contribution in [0, 0.1) is 13.8 Å². The van der Waals surface area contributed by atoms with Crippen LogP contribution in [0.4, 0.5) is 11.5 Å². The predicted octanol–water partition coefficient (Wildman–Crippen LogP) is 1.77. The molecule has 2 heterocycles. The van der Waals surface area contributed by atoms with Gasteiger partial charge in [0.15, 0.2) is 5.82 Å². The molecule has 2 aromatic heterocycles. The highest BCUT2D eigenvalue weighted by Crippen LogP contribution is 2.24. The molecule has 0 amide bonds. The molecule has 106 valence electrons. The second-order valence-electron chi connectivity index (χ2n) is 4.64. The Bertz CT molecular complexity index is 661. The molecule has 20 heavy (non-hydrogen) atoms. The lowest BCUT2D eigenvalue weighted by Crippen LogP contribution is -2.17. The molecule has 0 aliphatic carbocycles. The minimum atomic E-state index is 0.310. The van der Waals surface area contributed by atoms with Gasteiger partial charge in [-0.15, -0.1) is 5.10 Å². The summed E-state index contributed by atoms with van der Waals surface area (Å²) in [7, 11) is 1.88. The summed E-state index contributed by atoms with van der Waals surface area (Å²) in [5, 5.41) is 15.9. The van der Waals surface area contributed by atoms with E-state index in [-0.39, 0.29) is 0 Å². The van der Waals surface area contributed by atoms with Gasteiger partial charge in [0.05, 0.1) is 22.6 Å². The second-order valence-corrected chi connectivity index (χ2v) is 5.08. The minimum absolute atomic E-state index is 0.310. The maximum absolute atomic E-state index is 5.82. The number of anilines is 2. The van der Waals surface area contributed by atoms with E-state index in [0.717, 1.165) is 34.6 Å². The Balaban J connectivity index is 2.48. The van der Waals surface area contributed by atoms with Gasteiger partial charge in [-0.25, -0.2) is 0 Å². The van der Waals surface area contributed by atoms with E-state index in [1.807, 2.05) is 34.0 Å². The Morgan fingerprint density at radius 1 is 1.40 bits per heavy atom. The lowest BCUT2D eigenvalue weighted by Gasteiger charge is -2.12. The highest BCUT2D eigenvalue weighted by atomic mass is 32.1. The summed E-state index contributed by atoms with van der Waals surface area (Å²) < 4.78 is 1.76. The molecule has 0 spiro atoms. The summed E-state index contributed by atoms with van der Waals surface area (Å²) in [4.78, 5) is 0.310. The molecule has 6 nitrogen and oxygen atoms in total. The maximum Gasteiger partial charge on any atom is 0.163 e. The molecule has 2 rings (SSSR count). The van der Waals surface area contributed by atoms with Crippen molar-refractivity contribution < 1.29 is 0 Å². The van der Waals surface area contributed by atoms with Crippen LogP contribution in [0.3, 0.4) is 0 Å². The monoisotopic (exact) mass is 290 g/mol. The smallest absolute Gasteiger partial charge is 0.163 e. The first-order chi connectivity index (χ1) is 9.43. The maximum atomic E-state index is 5.82. The summed E-state index contributed by atoms with van der Waals surface area (Å²) in [6.07, 6.45) is 2.73. The van der Waals surface area contributed by atoms with Gasteiger partial charge in [0.2, 0.25) is 0 Å². The number of rotatable bonds is 4. The highest BCUT2D eigenvalue weighted by Gasteiger charge is 2.15. The van der Waals surface area contributed by atoms with Crippen molar-refractivity contribution in [2.45, 2.75) is 27.2 Å². The largest absolute Gasteiger partial charge is 0.389 e. The van der Waals surface area contributed by atoms with Crippen LogP contribution in [0.1, 0.15) is 29.4 Å². The SMILES string of the molecule is CCc1nn(C)cc1Nc1nnc(C)c(C)c1C(N)=S. The van der Waals surface area contributed by atoms with E-state index in [0.29, 0.717) is 10.8 Å². The van der Waals surface area contributed by atoms with Crippen molar-refractivity contribution in [3.8, 4) is 0 Å². The molecule has 3 N–H and O–H groups in total. The zero-order valence-electron chi connectivity index (χ0n) is 12.1. The van der Waals surface area contributed by atoms with E-state index in [1.54, 1.807) is 4.68 Å². The number of nitrogens with zero attached hydrogens (tertiary/aromatic N) is 4. The van der Waals surface area contributed by atoms with Crippen LogP contribution in [0.2, 0.25) is 0 Å². The molecule has 0 fully saturated rings. The Labute approximate surface area is 123 Å². The average Bonchev–Trinajstić information content (AvgIpc) is 2.73. The summed E-state index contributed by atoms with van der Waals surface area (Å²) in [5.41, 5.74) is 10.2. The van der Waals surface area contributed by atoms with E-state index in [1.165, 1.54) is 0 Å². The van der Waals surface area contributed by atoms with Crippen LogP contribution >= 0.6 is 12.2 Å². The van der Waals surface area contributed by atoms with E-state index in [4.69, 9.17) is 18.0 Å². The number of nitrogens with one attached hydrogen (secondary N) is 1. The van der Waals surface area contributed by atoms with Gasteiger partial charge in [-0.2, -0.15) is 10.2 Å². The average molecular weight is 290 g/mol. The van der Waals surface area contributed by atoms with Crippen molar-refractivity contribution in [3.05, 3.63) is 28.7 Å². The molecule has 0 saturated heterocycles. The van der Waals surface area contributed by atoms with Crippen LogP contribution in [0.15, 0.2) is 6.20 Å². The third-order valence-corrected chi connectivity index (χ3v) is 3.40. The van der Waals surface area contributed by atoms with Crippen LogP contribution < -0.4 is 11.1 Å². The topological polar surface area (TPSA) is 81.7 Å². The summed E-state index contributed by atoms with van der Waals surface area (Å²) >= 11 is 5.13. The highest BCUT2D eigenvalue weighted by molar-refractivity contribution is 7.80. The number of aryl methyl sites for hydroxylation is 3. The van der Waals surface area contributed by atoms with Gasteiger partial charge in [0.1, 0.15) is 4.99 Å². The molecule has 0 aliphatic heterocycles. The normalized spacial score (nSPS) is 10.6. The van der Waals surface area contributed by atoms with Gasteiger partial charge < -0.3 is 11.1 Å². The van der Waals surface area contributed by atoms with Gasteiger partial charge in [-0.3, -0.25) is 4.68 Å². The van der Waals surface area contributed by atoms with Gasteiger partial charge in [0, 0.05) is 13.2 Å². The molecule has 0 unspecified atom stereocenters. The molecular formula is C13H18N6S. The number of thiocarbonyl (C=S) groups is 1. The Hall–Kier alpha value is -2.02. The standard InChI is InChI=1S/C13H18N6S/c1-5-9-10(6-19(4)18-9)15-13-11(12(14)20)7(2)8(3)16-17-13/h6H,5H2,1-4H3,(H2,14,20)(H,15,17). The van der Waals surface area contributed by atoms with Crippen molar-refractivity contribution >= 4 is 28.7 Å². The zero-order valence-corrected chi connectivity index (χ0v) is 12.9. The predicted molar refractivity (Wildman–Crippen MR) is 83.3 cm³/mol. The number of hydrogen-bond donors (Lipinski definition) is 2. The first-order valence-electron chi connectivity index (χ1n) is 6.37. The van der Waals surface area contributed by atoms with Crippen molar-refractivity contribution in [1.29, 1.82) is 0 Å². The minimum Gasteiger partial charge on any atom is -0.389 e. The molecule has 0 aliphatic rings. The van der Waals surface area contributed by atoms with Crippen LogP contribution in [-0.4, -0.2) is 25.0 Å². The molecular weight excluding hydrogens is 272 g/mol. The molecule has 0 saturated carbocycles. The summed E-state index contributed by atoms with van der Waals surface area (Å²) in [6.45, 7) is 5.87. The lowest BCUT2D eigenvalue weighted by molar-refractivity contribution is 0.746. The third kappa shape index (κ3) is 2.62. The fourth-order valence-corrected chi connectivity index (χ4v) is 2.27. The van der Waals surface area contributed by atoms with Crippen LogP contribution in [-0.2, 0) is 13.5 Å². The van der Waals surface area contributed by atoms with E-state index < -0.39 is 0 Å². The molecule has 2 aromatic rings. The van der Waals surface area contributed by atoms with Gasteiger partial charge in [-0.05, 0) is 25.8 Å². The molecule has 0 atom stereocenters. The Kier molecular flexibility index (Phi) is 3.99. The lowest BCUT2D eigenvalue weighted by atomic mass is 10.1. The molecule has 0 aromatic carbocycles. The Morgan fingerprint density at radius 2 is 2.10 bits per heavy atom. The van der Waals surface area contributed by atoms with Crippen molar-refractivity contribution in [2.75, 3.05) is 5.32 Å². The second kappa shape index (κ2) is 5.54. The summed E-state index contributed by atoms with van der Waals surface area (Å²) in [6, 6.07) is 0. The zero-order chi connectivity index (χ0) is 14.9. The van der Waals surface area contributed by atoms with Crippen molar-refractivity contribution in [1.82, 2.24) is 20.0 Å². The molecule has 0 bridgehead atoms. The number of hydrogen-bond acceptors (Lipinski definition) is 5. The van der Waals surface area contributed by atoms with Crippen molar-refractivity contribution in [2.24, 2.45) is 12.8 Å². The Morgan fingerprint density at radius 3 is 2.70 bits per heavy atom. The molecule has 7 heteroatoms. The number of nitrogens with two attached hydrogens (primary N) is 1. The van der Waals surface area contributed by atoms with Crippen LogP contribution in [0.5, 0.6) is 0 Å². The van der Waals surface area contributed by atoms with Crippen LogP contribution in [0.25, 0.3) is 0 Å². The van der Waals surface area contributed by atoms with Gasteiger partial charge in [-0.1, -0.05) is 19.1 Å². The quantitative estimate of drug-likeness (QED) is 0.835. The van der Waals surface area contributed by atoms with E-state index in [2.05, 4.69) is 20.6 Å². The first-order valence-corrected chi connectivity index (χ1v) is 6.78. The third-order valence-electron chi connectivity index (χ3n) is 3.19. The summed E-state index contributed by atoms with van der Waals surface area (Å²) in [5.74, 6) is 0.573. The first kappa shape index (κ1) is 14.4. The fourth-order valence-electron chi connectivity index (χ4n) is 2.03. The van der Waals surface area contributed by atoms with Gasteiger partial charge in [0.25, 0.3) is 0 Å². The fraction of sp³-hybridized carbons (Fsp3) is 0.385. The van der Waals surface area contributed by atoms with Gasteiger partial charge >= 0.3 is 0 Å². The number of aromatic nitrogens is 4. The van der Waals surface area contributed by atoms with Crippen molar-refractivity contribution in [3.63, 3.8) is 0 Å². The van der Waals surface area contributed by atoms with E-state index in [9.17, 15) is 0 Å². The van der Waals surface area contributed by atoms with E-state index >= 15 is 0 Å².